The number of ether oxygens (including phenoxy) is 1. The minimum Gasteiger partial charge on any atom is -0.464 e. The first kappa shape index (κ1) is 16.4. The number of unbranched alkanes of at least 4 members (excludes halogenated alkanes) is 2. The fourth-order valence-electron chi connectivity index (χ4n) is 4.07. The Bertz CT molecular complexity index is 446. The number of rotatable bonds is 6. The van der Waals surface area contributed by atoms with Crippen molar-refractivity contribution in [1.82, 2.24) is 5.23 Å². The Labute approximate surface area is 133 Å². The molecule has 0 aliphatic carbocycles. The van der Waals surface area contributed by atoms with Crippen molar-refractivity contribution in [2.75, 3.05) is 13.2 Å². The van der Waals surface area contributed by atoms with Crippen LogP contribution < -0.4 is 0 Å². The van der Waals surface area contributed by atoms with Crippen LogP contribution >= 0.6 is 0 Å². The van der Waals surface area contributed by atoms with E-state index in [0.717, 1.165) is 25.7 Å². The highest BCUT2D eigenvalue weighted by Gasteiger charge is 2.78. The molecule has 3 aliphatic heterocycles. The molecule has 0 N–H and O–H groups in total. The van der Waals surface area contributed by atoms with Gasteiger partial charge in [0.15, 0.2) is 8.32 Å². The van der Waals surface area contributed by atoms with Crippen LogP contribution in [0.4, 0.5) is 0 Å². The van der Waals surface area contributed by atoms with E-state index in [1.165, 1.54) is 5.23 Å². The molecule has 3 aliphatic rings. The monoisotopic (exact) mass is 329 g/mol. The van der Waals surface area contributed by atoms with E-state index in [1.807, 2.05) is 6.92 Å². The average Bonchev–Trinajstić information content (AvgIpc) is 3.04. The molecule has 3 fully saturated rings. The lowest BCUT2D eigenvalue weighted by molar-refractivity contribution is -0.355. The molecule has 0 aromatic heterocycles. The number of esters is 1. The number of hydroxylamine groups is 2. The molecule has 0 bridgehead atoms. The van der Waals surface area contributed by atoms with E-state index in [4.69, 9.17) is 18.8 Å². The molecule has 3 heterocycles. The quantitative estimate of drug-likeness (QED) is 0.424. The van der Waals surface area contributed by atoms with Crippen molar-refractivity contribution in [3.05, 3.63) is 0 Å². The molecule has 0 unspecified atom stereocenters. The van der Waals surface area contributed by atoms with E-state index in [2.05, 4.69) is 20.0 Å². The van der Waals surface area contributed by atoms with Crippen molar-refractivity contribution in [3.63, 3.8) is 0 Å². The maximum absolute atomic E-state index is 12.8. The van der Waals surface area contributed by atoms with Gasteiger partial charge in [0.1, 0.15) is 12.2 Å². The second-order valence-corrected chi connectivity index (χ2v) is 11.1. The third-order valence-electron chi connectivity index (χ3n) is 5.16. The predicted molar refractivity (Wildman–Crippen MR) is 82.3 cm³/mol. The van der Waals surface area contributed by atoms with Crippen LogP contribution in [0.5, 0.6) is 0 Å². The fraction of sp³-hybridized carbons (Fsp3) is 0.933. The molecule has 22 heavy (non-hydrogen) atoms. The van der Waals surface area contributed by atoms with Gasteiger partial charge >= 0.3 is 5.97 Å². The maximum atomic E-state index is 12.8. The van der Waals surface area contributed by atoms with E-state index in [9.17, 15) is 4.79 Å². The topological polar surface area (TPSA) is 57.2 Å². The first-order valence-electron chi connectivity index (χ1n) is 8.43. The summed E-state index contributed by atoms with van der Waals surface area (Å²) in [7, 11) is -2.02. The number of nitrogens with zero attached hydrogens (tertiary/aromatic N) is 1. The van der Waals surface area contributed by atoms with Gasteiger partial charge in [-0.2, -0.15) is 0 Å². The van der Waals surface area contributed by atoms with E-state index >= 15 is 0 Å². The van der Waals surface area contributed by atoms with Crippen LogP contribution in [0, 0.1) is 0 Å². The minimum atomic E-state index is -2.02. The van der Waals surface area contributed by atoms with E-state index in [-0.39, 0.29) is 23.7 Å². The molecule has 126 valence electrons. The lowest BCUT2D eigenvalue weighted by Gasteiger charge is -2.28. The van der Waals surface area contributed by atoms with Crippen molar-refractivity contribution in [2.45, 2.75) is 75.9 Å². The van der Waals surface area contributed by atoms with Crippen LogP contribution in [0.2, 0.25) is 18.6 Å². The summed E-state index contributed by atoms with van der Waals surface area (Å²) < 4.78 is 11.8. The highest BCUT2D eigenvalue weighted by molar-refractivity contribution is 6.74. The van der Waals surface area contributed by atoms with Gasteiger partial charge in [0.25, 0.3) is 0 Å². The summed E-state index contributed by atoms with van der Waals surface area (Å²) in [4.78, 5) is 24.4. The molecule has 6 nitrogen and oxygen atoms in total. The average molecular weight is 329 g/mol. The normalized spacial score (nSPS) is 39.2. The van der Waals surface area contributed by atoms with Gasteiger partial charge in [-0.1, -0.05) is 26.2 Å². The lowest BCUT2D eigenvalue weighted by atomic mass is 9.86. The summed E-state index contributed by atoms with van der Waals surface area (Å²) >= 11 is 0. The third-order valence-corrected chi connectivity index (χ3v) is 8.31. The predicted octanol–water partition coefficient (Wildman–Crippen LogP) is 2.40. The second-order valence-electron chi connectivity index (χ2n) is 6.93. The van der Waals surface area contributed by atoms with E-state index in [0.29, 0.717) is 13.2 Å². The van der Waals surface area contributed by atoms with Gasteiger partial charge in [-0.15, -0.1) is 0 Å². The van der Waals surface area contributed by atoms with Gasteiger partial charge in [-0.3, -0.25) is 9.68 Å². The maximum Gasteiger partial charge on any atom is 0.334 e. The van der Waals surface area contributed by atoms with Crippen LogP contribution in [-0.2, 0) is 23.6 Å². The molecule has 4 atom stereocenters. The third kappa shape index (κ3) is 2.17. The summed E-state index contributed by atoms with van der Waals surface area (Å²) in [5, 5.41) is 1.43. The summed E-state index contributed by atoms with van der Waals surface area (Å²) in [6.45, 7) is 9.16. The van der Waals surface area contributed by atoms with E-state index < -0.39 is 13.9 Å². The standard InChI is InChI=1S/C15H27NO5Si/c1-5-7-8-9-11-13-15(14(17)18-6-2)12(22(3,4)21-13)10-19-16(15)20-11/h11-13H,5-10H2,1-4H3/t11-,12-,13+,15-/m0/s1. The summed E-state index contributed by atoms with van der Waals surface area (Å²) in [6, 6.07) is 0. The van der Waals surface area contributed by atoms with Crippen molar-refractivity contribution in [3.8, 4) is 0 Å². The molecular weight excluding hydrogens is 302 g/mol. The Balaban J connectivity index is 1.88. The Hall–Kier alpha value is -0.473. The molecule has 0 saturated carbocycles. The Morgan fingerprint density at radius 3 is 2.82 bits per heavy atom. The van der Waals surface area contributed by atoms with Crippen molar-refractivity contribution < 1.29 is 23.6 Å². The van der Waals surface area contributed by atoms with Gasteiger partial charge in [0.05, 0.1) is 13.2 Å². The zero-order chi connectivity index (χ0) is 16.0. The lowest BCUT2D eigenvalue weighted by Crippen LogP contribution is -2.54. The molecule has 0 aromatic carbocycles. The number of carbonyl (C=O) groups excluding carboxylic acids is 1. The molecule has 0 spiro atoms. The highest BCUT2D eigenvalue weighted by atomic mass is 28.4. The SMILES string of the molecule is CCCCC[C@@H]1ON2OC[C@H]3[C@@]2(C(=O)OCC)[C@@H]1O[Si]3(C)C. The Morgan fingerprint density at radius 2 is 2.14 bits per heavy atom. The zero-order valence-corrected chi connectivity index (χ0v) is 15.0. The van der Waals surface area contributed by atoms with Crippen LogP contribution in [-0.4, -0.2) is 50.5 Å². The smallest absolute Gasteiger partial charge is 0.334 e. The first-order chi connectivity index (χ1) is 10.5. The van der Waals surface area contributed by atoms with Crippen molar-refractivity contribution >= 4 is 14.3 Å². The van der Waals surface area contributed by atoms with Crippen molar-refractivity contribution in [2.24, 2.45) is 0 Å². The zero-order valence-electron chi connectivity index (χ0n) is 14.0. The first-order valence-corrected chi connectivity index (χ1v) is 11.4. The number of carbonyl (C=O) groups is 1. The van der Waals surface area contributed by atoms with Crippen LogP contribution in [0.3, 0.4) is 0 Å². The van der Waals surface area contributed by atoms with Gasteiger partial charge in [0, 0.05) is 5.54 Å². The highest BCUT2D eigenvalue weighted by Crippen LogP contribution is 2.58. The summed E-state index contributed by atoms with van der Waals surface area (Å²) in [6.07, 6.45) is 3.89. The summed E-state index contributed by atoms with van der Waals surface area (Å²) in [5.74, 6) is -0.251. The van der Waals surface area contributed by atoms with Gasteiger partial charge in [-0.25, -0.2) is 4.79 Å². The molecular formula is C15H27NO5Si. The van der Waals surface area contributed by atoms with E-state index in [1.54, 1.807) is 0 Å². The Morgan fingerprint density at radius 1 is 1.36 bits per heavy atom. The van der Waals surface area contributed by atoms with Gasteiger partial charge < -0.3 is 9.16 Å². The Kier molecular flexibility index (Phi) is 4.37. The van der Waals surface area contributed by atoms with Gasteiger partial charge in [0.2, 0.25) is 5.54 Å². The molecule has 3 saturated heterocycles. The molecule has 0 radical (unpaired) electrons. The van der Waals surface area contributed by atoms with Gasteiger partial charge in [-0.05, 0) is 31.7 Å². The summed E-state index contributed by atoms with van der Waals surface area (Å²) in [5.41, 5.74) is -0.831. The molecule has 7 heteroatoms. The molecule has 3 rings (SSSR count). The number of hydrogen-bond donors (Lipinski definition) is 0. The van der Waals surface area contributed by atoms with Crippen LogP contribution in [0.1, 0.15) is 39.5 Å². The molecule has 0 amide bonds. The largest absolute Gasteiger partial charge is 0.464 e. The van der Waals surface area contributed by atoms with Crippen molar-refractivity contribution in [1.29, 1.82) is 0 Å². The minimum absolute atomic E-state index is 0.0558. The van der Waals surface area contributed by atoms with Crippen LogP contribution in [0.25, 0.3) is 0 Å². The fourth-order valence-corrected chi connectivity index (χ4v) is 7.14. The number of hydrogen-bond acceptors (Lipinski definition) is 6. The second kappa shape index (κ2) is 5.87. The molecule has 0 aromatic rings. The van der Waals surface area contributed by atoms with Crippen LogP contribution in [0.15, 0.2) is 0 Å².